The summed E-state index contributed by atoms with van der Waals surface area (Å²) >= 11 is 1.54. The first-order valence-corrected chi connectivity index (χ1v) is 9.46. The lowest BCUT2D eigenvalue weighted by atomic mass is 9.92. The minimum Gasteiger partial charge on any atom is -0.381 e. The minimum atomic E-state index is -0.0802. The molecule has 0 aromatic carbocycles. The quantitative estimate of drug-likeness (QED) is 0.747. The molecule has 0 bridgehead atoms. The topological polar surface area (TPSA) is 95.1 Å². The highest BCUT2D eigenvalue weighted by molar-refractivity contribution is 7.11. The third-order valence-corrected chi connectivity index (χ3v) is 5.93. The summed E-state index contributed by atoms with van der Waals surface area (Å²) < 4.78 is 0. The average molecular weight is 358 g/mol. The van der Waals surface area contributed by atoms with Gasteiger partial charge in [-0.1, -0.05) is 0 Å². The number of amidine groups is 2. The van der Waals surface area contributed by atoms with Gasteiger partial charge < -0.3 is 21.3 Å². The molecule has 4 rings (SSSR count). The van der Waals surface area contributed by atoms with Crippen molar-refractivity contribution in [2.75, 3.05) is 26.7 Å². The van der Waals surface area contributed by atoms with Crippen LogP contribution in [0.3, 0.4) is 0 Å². The molecule has 0 spiro atoms. The number of nitrogens with one attached hydrogen (secondary N) is 2. The zero-order valence-corrected chi connectivity index (χ0v) is 15.0. The molecule has 0 saturated carbocycles. The number of piperidine rings is 1. The zero-order chi connectivity index (χ0) is 17.4. The monoisotopic (exact) mass is 358 g/mol. The lowest BCUT2D eigenvalue weighted by Gasteiger charge is -2.28. The summed E-state index contributed by atoms with van der Waals surface area (Å²) in [6.45, 7) is 2.91. The number of carbonyl (C=O) groups is 1. The predicted molar refractivity (Wildman–Crippen MR) is 101 cm³/mol. The molecule has 1 saturated heterocycles. The fourth-order valence-electron chi connectivity index (χ4n) is 3.61. The molecule has 4 heterocycles. The molecule has 4 N–H and O–H groups in total. The van der Waals surface area contributed by atoms with E-state index in [2.05, 4.69) is 20.5 Å². The molecule has 132 valence electrons. The number of rotatable bonds is 3. The molecule has 1 aromatic rings. The van der Waals surface area contributed by atoms with Crippen molar-refractivity contribution in [2.45, 2.75) is 18.9 Å². The van der Waals surface area contributed by atoms with Gasteiger partial charge in [0.15, 0.2) is 11.7 Å². The third kappa shape index (κ3) is 2.96. The smallest absolute Gasteiger partial charge is 0.251 e. The fourth-order valence-corrected chi connectivity index (χ4v) is 4.52. The molecular weight excluding hydrogens is 336 g/mol. The number of hydrogen-bond acceptors (Lipinski definition) is 7. The summed E-state index contributed by atoms with van der Waals surface area (Å²) in [5.74, 6) is 1.69. The van der Waals surface area contributed by atoms with Gasteiger partial charge in [-0.3, -0.25) is 9.79 Å². The summed E-state index contributed by atoms with van der Waals surface area (Å²) in [4.78, 5) is 24.2. The van der Waals surface area contributed by atoms with Gasteiger partial charge in [0, 0.05) is 25.5 Å². The molecule has 1 aromatic heterocycles. The van der Waals surface area contributed by atoms with E-state index in [-0.39, 0.29) is 11.9 Å². The number of aliphatic imine (C=N–C) groups is 2. The third-order valence-electron chi connectivity index (χ3n) is 4.98. The molecule has 1 amide bonds. The number of amides is 1. The Hall–Kier alpha value is -2.19. The van der Waals surface area contributed by atoms with Crippen molar-refractivity contribution in [1.29, 1.82) is 0 Å². The molecule has 2 unspecified atom stereocenters. The SMILES string of the molecule is CNC(=O)c1csc(C2=CN=C(N)C3=NC(C4CCCNC4)CN23)c1. The molecule has 7 nitrogen and oxygen atoms in total. The predicted octanol–water partition coefficient (Wildman–Crippen LogP) is 0.859. The van der Waals surface area contributed by atoms with Crippen LogP contribution >= 0.6 is 11.3 Å². The van der Waals surface area contributed by atoms with Crippen molar-refractivity contribution < 1.29 is 4.79 Å². The molecule has 2 atom stereocenters. The van der Waals surface area contributed by atoms with E-state index >= 15 is 0 Å². The lowest BCUT2D eigenvalue weighted by molar-refractivity contribution is 0.0963. The van der Waals surface area contributed by atoms with Crippen LogP contribution in [0.25, 0.3) is 5.70 Å². The average Bonchev–Trinajstić information content (AvgIpc) is 3.30. The standard InChI is InChI=1S/C17H22N6OS/c1-19-17(24)11-5-14(25-9-11)13-7-21-15(18)16-22-12(8-23(13)16)10-3-2-4-20-6-10/h5,7,9-10,12,20H,2-4,6,8H2,1H3,(H2,18,21)(H,19,24). The zero-order valence-electron chi connectivity index (χ0n) is 14.2. The molecule has 3 aliphatic rings. The van der Waals surface area contributed by atoms with E-state index in [0.717, 1.165) is 36.0 Å². The van der Waals surface area contributed by atoms with Gasteiger partial charge in [0.25, 0.3) is 5.91 Å². The van der Waals surface area contributed by atoms with Crippen molar-refractivity contribution in [1.82, 2.24) is 15.5 Å². The summed E-state index contributed by atoms with van der Waals surface area (Å²) in [5, 5.41) is 7.99. The summed E-state index contributed by atoms with van der Waals surface area (Å²) in [6, 6.07) is 2.14. The van der Waals surface area contributed by atoms with Gasteiger partial charge in [-0.25, -0.2) is 4.99 Å². The van der Waals surface area contributed by atoms with Gasteiger partial charge in [0.1, 0.15) is 0 Å². The maximum atomic E-state index is 11.8. The maximum Gasteiger partial charge on any atom is 0.251 e. The van der Waals surface area contributed by atoms with E-state index < -0.39 is 0 Å². The van der Waals surface area contributed by atoms with Crippen LogP contribution in [0, 0.1) is 5.92 Å². The molecule has 0 aliphatic carbocycles. The Morgan fingerprint density at radius 3 is 3.16 bits per heavy atom. The first-order valence-electron chi connectivity index (χ1n) is 8.58. The van der Waals surface area contributed by atoms with Crippen LogP contribution < -0.4 is 16.4 Å². The number of carbonyl (C=O) groups excluding carboxylic acids is 1. The molecule has 0 radical (unpaired) electrons. The van der Waals surface area contributed by atoms with Crippen molar-refractivity contribution >= 4 is 34.6 Å². The maximum absolute atomic E-state index is 11.8. The van der Waals surface area contributed by atoms with E-state index in [4.69, 9.17) is 10.7 Å². The van der Waals surface area contributed by atoms with Crippen molar-refractivity contribution in [3.63, 3.8) is 0 Å². The molecule has 3 aliphatic heterocycles. The largest absolute Gasteiger partial charge is 0.381 e. The second-order valence-corrected chi connectivity index (χ2v) is 7.46. The summed E-state index contributed by atoms with van der Waals surface area (Å²) in [5.41, 5.74) is 7.72. The Labute approximate surface area is 150 Å². The summed E-state index contributed by atoms with van der Waals surface area (Å²) in [7, 11) is 1.64. The molecular formula is C17H22N6OS. The van der Waals surface area contributed by atoms with E-state index in [1.54, 1.807) is 13.2 Å². The van der Waals surface area contributed by atoms with Crippen molar-refractivity contribution in [2.24, 2.45) is 21.6 Å². The highest BCUT2D eigenvalue weighted by Crippen LogP contribution is 2.33. The number of nitrogens with two attached hydrogens (primary N) is 1. The Bertz CT molecular complexity index is 774. The van der Waals surface area contributed by atoms with Crippen LogP contribution in [-0.2, 0) is 0 Å². The van der Waals surface area contributed by atoms with Crippen LogP contribution in [0.15, 0.2) is 27.6 Å². The number of hydrogen-bond donors (Lipinski definition) is 3. The van der Waals surface area contributed by atoms with E-state index in [9.17, 15) is 4.79 Å². The lowest BCUT2D eigenvalue weighted by Crippen LogP contribution is -2.41. The molecule has 8 heteroatoms. The highest BCUT2D eigenvalue weighted by atomic mass is 32.1. The number of nitrogens with zero attached hydrogens (tertiary/aromatic N) is 3. The van der Waals surface area contributed by atoms with E-state index in [1.807, 2.05) is 11.4 Å². The normalized spacial score (nSPS) is 25.8. The van der Waals surface area contributed by atoms with Crippen LogP contribution in [-0.4, -0.2) is 55.2 Å². The van der Waals surface area contributed by atoms with Gasteiger partial charge in [-0.05, 0) is 31.4 Å². The van der Waals surface area contributed by atoms with Crippen LogP contribution in [0.2, 0.25) is 0 Å². The first kappa shape index (κ1) is 16.3. The Balaban J connectivity index is 1.60. The van der Waals surface area contributed by atoms with Crippen molar-refractivity contribution in [3.8, 4) is 0 Å². The molecule has 25 heavy (non-hydrogen) atoms. The molecule has 1 fully saturated rings. The van der Waals surface area contributed by atoms with Crippen LogP contribution in [0.1, 0.15) is 28.1 Å². The van der Waals surface area contributed by atoms with Crippen molar-refractivity contribution in [3.05, 3.63) is 28.1 Å². The van der Waals surface area contributed by atoms with Gasteiger partial charge >= 0.3 is 0 Å². The van der Waals surface area contributed by atoms with Crippen LogP contribution in [0.4, 0.5) is 0 Å². The van der Waals surface area contributed by atoms with E-state index in [0.29, 0.717) is 17.3 Å². The first-order chi connectivity index (χ1) is 12.2. The van der Waals surface area contributed by atoms with Gasteiger partial charge in [-0.15, -0.1) is 11.3 Å². The van der Waals surface area contributed by atoms with E-state index in [1.165, 1.54) is 24.2 Å². The number of fused-ring (bicyclic) bond motifs is 1. The highest BCUT2D eigenvalue weighted by Gasteiger charge is 2.36. The minimum absolute atomic E-state index is 0.0802. The Morgan fingerprint density at radius 1 is 1.52 bits per heavy atom. The van der Waals surface area contributed by atoms with Crippen LogP contribution in [0.5, 0.6) is 0 Å². The number of thiophene rings is 1. The second-order valence-electron chi connectivity index (χ2n) is 6.54. The second kappa shape index (κ2) is 6.61. The fraction of sp³-hybridized carbons (Fsp3) is 0.471. The van der Waals surface area contributed by atoms with Gasteiger partial charge in [0.05, 0.1) is 28.4 Å². The Morgan fingerprint density at radius 2 is 2.40 bits per heavy atom. The summed E-state index contributed by atoms with van der Waals surface area (Å²) in [6.07, 6.45) is 4.17. The Kier molecular flexibility index (Phi) is 4.30. The van der Waals surface area contributed by atoms with Gasteiger partial charge in [0.2, 0.25) is 0 Å². The van der Waals surface area contributed by atoms with Gasteiger partial charge in [-0.2, -0.15) is 0 Å².